The van der Waals surface area contributed by atoms with Crippen molar-refractivity contribution >= 4 is 50.8 Å². The fraction of sp³-hybridized carbons (Fsp3) is 0.348. The Balaban J connectivity index is 1.24. The smallest absolute Gasteiger partial charge is 0.410 e. The minimum absolute atomic E-state index is 0.0334. The van der Waals surface area contributed by atoms with Gasteiger partial charge >= 0.3 is 6.09 Å². The molecule has 2 aliphatic rings. The largest absolute Gasteiger partial charge is 0.445 e. The zero-order valence-corrected chi connectivity index (χ0v) is 19.6. The maximum Gasteiger partial charge on any atom is 0.410 e. The van der Waals surface area contributed by atoms with Gasteiger partial charge in [-0.15, -0.1) is 11.3 Å². The number of nitrogens with zero attached hydrogens (tertiary/aromatic N) is 3. The van der Waals surface area contributed by atoms with Gasteiger partial charge in [-0.2, -0.15) is 0 Å². The molecule has 0 aliphatic carbocycles. The molecule has 2 atom stereocenters. The van der Waals surface area contributed by atoms with Gasteiger partial charge in [0.2, 0.25) is 0 Å². The third kappa shape index (κ3) is 5.23. The van der Waals surface area contributed by atoms with E-state index in [1.165, 1.54) is 29.8 Å². The van der Waals surface area contributed by atoms with Crippen LogP contribution in [0, 0.1) is 17.7 Å². The highest BCUT2D eigenvalue weighted by Gasteiger charge is 2.28. The predicted octanol–water partition coefficient (Wildman–Crippen LogP) is 3.78. The van der Waals surface area contributed by atoms with E-state index in [9.17, 15) is 9.18 Å². The Hall–Kier alpha value is -2.97. The van der Waals surface area contributed by atoms with Crippen LogP contribution in [0.4, 0.5) is 20.7 Å². The fourth-order valence-corrected chi connectivity index (χ4v) is 4.84. The normalized spacial score (nSPS) is 20.1. The summed E-state index contributed by atoms with van der Waals surface area (Å²) in [5.41, 5.74) is 1.39. The highest BCUT2D eigenvalue weighted by molar-refractivity contribution is 7.20. The van der Waals surface area contributed by atoms with Crippen molar-refractivity contribution in [2.24, 2.45) is 0 Å². The lowest BCUT2D eigenvalue weighted by Crippen LogP contribution is -2.42. The summed E-state index contributed by atoms with van der Waals surface area (Å²) >= 11 is 7.34. The molecule has 1 amide bonds. The van der Waals surface area contributed by atoms with Crippen LogP contribution in [-0.2, 0) is 9.47 Å². The summed E-state index contributed by atoms with van der Waals surface area (Å²) in [5.74, 6) is 6.53. The molecule has 2 aliphatic heterocycles. The second-order valence-corrected chi connectivity index (χ2v) is 9.33. The van der Waals surface area contributed by atoms with Crippen LogP contribution in [0.15, 0.2) is 30.6 Å². The second kappa shape index (κ2) is 10.1. The summed E-state index contributed by atoms with van der Waals surface area (Å²) in [5, 5.41) is 6.50. The Morgan fingerprint density at radius 2 is 2.18 bits per heavy atom. The molecule has 11 heteroatoms. The molecule has 0 bridgehead atoms. The van der Waals surface area contributed by atoms with E-state index < -0.39 is 5.82 Å². The molecule has 1 aromatic carbocycles. The van der Waals surface area contributed by atoms with Gasteiger partial charge in [0, 0.05) is 31.7 Å². The summed E-state index contributed by atoms with van der Waals surface area (Å²) in [4.78, 5) is 23.4. The van der Waals surface area contributed by atoms with Crippen molar-refractivity contribution < 1.29 is 18.7 Å². The van der Waals surface area contributed by atoms with E-state index in [0.717, 1.165) is 15.1 Å². The van der Waals surface area contributed by atoms with Crippen molar-refractivity contribution in [3.63, 3.8) is 0 Å². The topological polar surface area (TPSA) is 88.6 Å². The van der Waals surface area contributed by atoms with Crippen LogP contribution in [0.2, 0.25) is 5.02 Å². The summed E-state index contributed by atoms with van der Waals surface area (Å²) in [6, 6.07) is 6.24. The lowest BCUT2D eigenvalue weighted by Gasteiger charge is -2.27. The van der Waals surface area contributed by atoms with Gasteiger partial charge in [-0.1, -0.05) is 23.4 Å². The highest BCUT2D eigenvalue weighted by Crippen LogP contribution is 2.31. The Bertz CT molecular complexity index is 1270. The molecule has 8 nitrogen and oxygen atoms in total. The first-order valence-corrected chi connectivity index (χ1v) is 12.0. The minimum Gasteiger partial charge on any atom is -0.445 e. The van der Waals surface area contributed by atoms with Crippen LogP contribution in [-0.4, -0.2) is 66.0 Å². The van der Waals surface area contributed by atoms with Gasteiger partial charge in [0.25, 0.3) is 0 Å². The zero-order valence-electron chi connectivity index (χ0n) is 18.0. The third-order valence-electron chi connectivity index (χ3n) is 5.49. The number of aromatic nitrogens is 2. The standard InChI is InChI=1S/C23H21ClFN5O3S/c24-18-10-15(2-4-19(18)25)29-22-21-20(27-13-28-22)11-17(34-21)3-1-14-9-16(12-26-14)33-23(31)30-5-7-32-8-6-30/h2,4,10-11,13-14,16,26H,5-9,12H2,(H,27,28,29)/t14-,16-/m1/s1. The molecule has 2 N–H and O–H groups in total. The van der Waals surface area contributed by atoms with Gasteiger partial charge in [-0.3, -0.25) is 5.32 Å². The number of amides is 1. The number of carbonyl (C=O) groups excluding carboxylic acids is 1. The number of ether oxygens (including phenoxy) is 2. The number of fused-ring (bicyclic) bond motifs is 1. The zero-order chi connectivity index (χ0) is 23.5. The highest BCUT2D eigenvalue weighted by atomic mass is 35.5. The van der Waals surface area contributed by atoms with E-state index in [4.69, 9.17) is 21.1 Å². The quantitative estimate of drug-likeness (QED) is 0.528. The Morgan fingerprint density at radius 1 is 1.32 bits per heavy atom. The average Bonchev–Trinajstić information content (AvgIpc) is 3.47. The van der Waals surface area contributed by atoms with Gasteiger partial charge in [-0.25, -0.2) is 19.2 Å². The molecule has 0 radical (unpaired) electrons. The van der Waals surface area contributed by atoms with Crippen LogP contribution in [0.5, 0.6) is 0 Å². The first-order valence-electron chi connectivity index (χ1n) is 10.8. The fourth-order valence-electron chi connectivity index (χ4n) is 3.74. The molecule has 2 fully saturated rings. The predicted molar refractivity (Wildman–Crippen MR) is 128 cm³/mol. The molecule has 4 heterocycles. The molecule has 34 heavy (non-hydrogen) atoms. The molecule has 2 aromatic heterocycles. The Labute approximate surface area is 204 Å². The molecule has 0 saturated carbocycles. The molecule has 0 spiro atoms. The summed E-state index contributed by atoms with van der Waals surface area (Å²) in [6.07, 6.45) is 1.59. The number of morpholine rings is 1. The average molecular weight is 502 g/mol. The molecule has 2 saturated heterocycles. The van der Waals surface area contributed by atoms with Gasteiger partial charge in [0.05, 0.1) is 39.4 Å². The Kier molecular flexibility index (Phi) is 6.78. The van der Waals surface area contributed by atoms with Crippen LogP contribution < -0.4 is 10.6 Å². The van der Waals surface area contributed by atoms with Crippen LogP contribution in [0.3, 0.4) is 0 Å². The van der Waals surface area contributed by atoms with E-state index in [0.29, 0.717) is 50.8 Å². The molecular weight excluding hydrogens is 481 g/mol. The van der Waals surface area contributed by atoms with Crippen molar-refractivity contribution in [3.8, 4) is 11.8 Å². The van der Waals surface area contributed by atoms with Crippen molar-refractivity contribution in [1.29, 1.82) is 0 Å². The second-order valence-electron chi connectivity index (χ2n) is 7.87. The van der Waals surface area contributed by atoms with E-state index in [1.807, 2.05) is 6.07 Å². The number of thiophene rings is 1. The number of hydrogen-bond donors (Lipinski definition) is 2. The van der Waals surface area contributed by atoms with Crippen molar-refractivity contribution in [1.82, 2.24) is 20.2 Å². The molecular formula is C23H21ClFN5O3S. The van der Waals surface area contributed by atoms with E-state index in [1.54, 1.807) is 11.0 Å². The minimum atomic E-state index is -0.479. The summed E-state index contributed by atoms with van der Waals surface area (Å²) in [6.45, 7) is 2.77. The van der Waals surface area contributed by atoms with Crippen molar-refractivity contribution in [3.05, 3.63) is 46.3 Å². The number of hydrogen-bond acceptors (Lipinski definition) is 8. The number of halogens is 2. The van der Waals surface area contributed by atoms with Gasteiger partial charge in [0.15, 0.2) is 5.82 Å². The monoisotopic (exact) mass is 501 g/mol. The van der Waals surface area contributed by atoms with Crippen molar-refractivity contribution in [2.75, 3.05) is 38.2 Å². The number of benzene rings is 1. The van der Waals surface area contributed by atoms with Crippen LogP contribution >= 0.6 is 22.9 Å². The molecule has 0 unspecified atom stereocenters. The van der Waals surface area contributed by atoms with Crippen LogP contribution in [0.1, 0.15) is 11.3 Å². The first-order chi connectivity index (χ1) is 16.5. The maximum atomic E-state index is 13.4. The van der Waals surface area contributed by atoms with Gasteiger partial charge in [0.1, 0.15) is 18.2 Å². The van der Waals surface area contributed by atoms with E-state index in [2.05, 4.69) is 32.4 Å². The number of nitrogens with one attached hydrogen (secondary N) is 2. The van der Waals surface area contributed by atoms with E-state index >= 15 is 0 Å². The third-order valence-corrected chi connectivity index (χ3v) is 6.83. The summed E-state index contributed by atoms with van der Waals surface area (Å²) in [7, 11) is 0. The number of carbonyl (C=O) groups is 1. The van der Waals surface area contributed by atoms with E-state index in [-0.39, 0.29) is 23.3 Å². The lowest BCUT2D eigenvalue weighted by atomic mass is 10.2. The SMILES string of the molecule is O=C(O[C@H]1CN[C@H](C#Cc2cc3ncnc(Nc4ccc(F)c(Cl)c4)c3s2)C1)N1CCOCC1. The first kappa shape index (κ1) is 22.8. The molecule has 5 rings (SSSR count). The van der Waals surface area contributed by atoms with Crippen molar-refractivity contribution in [2.45, 2.75) is 18.6 Å². The maximum absolute atomic E-state index is 13.4. The molecule has 3 aromatic rings. The van der Waals surface area contributed by atoms with Crippen LogP contribution in [0.25, 0.3) is 10.2 Å². The van der Waals surface area contributed by atoms with Gasteiger partial charge in [-0.05, 0) is 24.3 Å². The Morgan fingerprint density at radius 3 is 3.00 bits per heavy atom. The number of rotatable bonds is 3. The van der Waals surface area contributed by atoms with Gasteiger partial charge < -0.3 is 19.7 Å². The molecule has 176 valence electrons. The number of anilines is 2. The lowest BCUT2D eigenvalue weighted by molar-refractivity contribution is 0.0156. The summed E-state index contributed by atoms with van der Waals surface area (Å²) < 4.78 is 25.2.